The summed E-state index contributed by atoms with van der Waals surface area (Å²) in [4.78, 5) is 31.8. The SMILES string of the molecule is CN(C)C(=O)C(CCN1CCC(C(=O)NC(c2ccccc2)C2CCCCC2)CC1)(c1ccccc1)c1ccccc1. The molecule has 1 saturated heterocycles. The van der Waals surface area contributed by atoms with Crippen molar-refractivity contribution >= 4 is 11.8 Å². The van der Waals surface area contributed by atoms with E-state index in [0.717, 1.165) is 43.6 Å². The summed E-state index contributed by atoms with van der Waals surface area (Å²) in [6.45, 7) is 2.53. The lowest BCUT2D eigenvalue weighted by molar-refractivity contribution is -0.133. The second kappa shape index (κ2) is 14.2. The van der Waals surface area contributed by atoms with Gasteiger partial charge < -0.3 is 15.1 Å². The molecular formula is C37H47N3O2. The van der Waals surface area contributed by atoms with Crippen LogP contribution in [0, 0.1) is 11.8 Å². The molecule has 1 aliphatic heterocycles. The topological polar surface area (TPSA) is 52.7 Å². The third-order valence-electron chi connectivity index (χ3n) is 9.64. The first-order chi connectivity index (χ1) is 20.5. The number of piperidine rings is 1. The minimum absolute atomic E-state index is 0.0347. The van der Waals surface area contributed by atoms with Gasteiger partial charge in [-0.3, -0.25) is 9.59 Å². The normalized spacial score (nSPS) is 17.9. The summed E-state index contributed by atoms with van der Waals surface area (Å²) in [5, 5.41) is 3.51. The van der Waals surface area contributed by atoms with E-state index in [4.69, 9.17) is 0 Å². The van der Waals surface area contributed by atoms with Gasteiger partial charge in [-0.2, -0.15) is 0 Å². The molecular weight excluding hydrogens is 518 g/mol. The highest BCUT2D eigenvalue weighted by atomic mass is 16.2. The molecule has 2 fully saturated rings. The van der Waals surface area contributed by atoms with E-state index >= 15 is 0 Å². The van der Waals surface area contributed by atoms with Crippen molar-refractivity contribution in [1.29, 1.82) is 0 Å². The van der Waals surface area contributed by atoms with Gasteiger partial charge in [-0.15, -0.1) is 0 Å². The number of rotatable bonds is 10. The minimum Gasteiger partial charge on any atom is -0.349 e. The van der Waals surface area contributed by atoms with Crippen molar-refractivity contribution in [3.05, 3.63) is 108 Å². The van der Waals surface area contributed by atoms with Crippen molar-refractivity contribution in [2.24, 2.45) is 11.8 Å². The smallest absolute Gasteiger partial charge is 0.237 e. The fraction of sp³-hybridized carbons (Fsp3) is 0.459. The Labute approximate surface area is 252 Å². The molecule has 0 spiro atoms. The quantitative estimate of drug-likeness (QED) is 0.301. The molecule has 2 amide bonds. The van der Waals surface area contributed by atoms with E-state index in [9.17, 15) is 9.59 Å². The Balaban J connectivity index is 1.26. The van der Waals surface area contributed by atoms with Crippen LogP contribution in [0.2, 0.25) is 0 Å². The van der Waals surface area contributed by atoms with E-state index in [2.05, 4.69) is 64.8 Å². The first-order valence-electron chi connectivity index (χ1n) is 15.9. The first-order valence-corrected chi connectivity index (χ1v) is 15.9. The molecule has 2 aliphatic rings. The number of nitrogens with zero attached hydrogens (tertiary/aromatic N) is 2. The Hall–Kier alpha value is -3.44. The molecule has 1 atom stereocenters. The fourth-order valence-corrected chi connectivity index (χ4v) is 7.25. The predicted octanol–water partition coefficient (Wildman–Crippen LogP) is 6.60. The van der Waals surface area contributed by atoms with Crippen LogP contribution in [-0.4, -0.2) is 55.3 Å². The summed E-state index contributed by atoms with van der Waals surface area (Å²) in [5.41, 5.74) is 2.53. The molecule has 0 radical (unpaired) electrons. The monoisotopic (exact) mass is 565 g/mol. The zero-order valence-electron chi connectivity index (χ0n) is 25.4. The van der Waals surface area contributed by atoms with Gasteiger partial charge in [0, 0.05) is 20.0 Å². The Morgan fingerprint density at radius 3 is 1.83 bits per heavy atom. The fourth-order valence-electron chi connectivity index (χ4n) is 7.25. The van der Waals surface area contributed by atoms with Crippen LogP contribution < -0.4 is 5.32 Å². The molecule has 3 aromatic carbocycles. The number of likely N-dealkylation sites (N-methyl/N-ethyl adjacent to an activating group) is 1. The van der Waals surface area contributed by atoms with Crippen molar-refractivity contribution < 1.29 is 9.59 Å². The number of carbonyl (C=O) groups is 2. The summed E-state index contributed by atoms with van der Waals surface area (Å²) in [6, 6.07) is 31.1. The van der Waals surface area contributed by atoms with Gasteiger partial charge in [0.25, 0.3) is 0 Å². The molecule has 5 nitrogen and oxygen atoms in total. The minimum atomic E-state index is -0.761. The van der Waals surface area contributed by atoms with Gasteiger partial charge in [-0.05, 0) is 74.3 Å². The summed E-state index contributed by atoms with van der Waals surface area (Å²) < 4.78 is 0. The molecule has 3 aromatic rings. The summed E-state index contributed by atoms with van der Waals surface area (Å²) in [5.74, 6) is 0.861. The molecule has 1 N–H and O–H groups in total. The standard InChI is InChI=1S/C37H47N3O2/c1-39(2)36(42)37(32-19-11-5-12-20-32,33-21-13-6-14-22-33)25-28-40-26-23-31(24-27-40)35(41)38-34(29-15-7-3-8-16-29)30-17-9-4-10-18-30/h3,5-8,11-16,19-22,30-31,34H,4,9-10,17-18,23-28H2,1-2H3,(H,38,41). The van der Waals surface area contributed by atoms with Gasteiger partial charge in [0.15, 0.2) is 0 Å². The van der Waals surface area contributed by atoms with E-state index in [1.807, 2.05) is 50.5 Å². The first kappa shape index (κ1) is 30.0. The molecule has 0 bridgehead atoms. The second-order valence-corrected chi connectivity index (χ2v) is 12.5. The highest BCUT2D eigenvalue weighted by Crippen LogP contribution is 2.39. The molecule has 1 saturated carbocycles. The highest BCUT2D eigenvalue weighted by Gasteiger charge is 2.43. The third-order valence-corrected chi connectivity index (χ3v) is 9.64. The van der Waals surface area contributed by atoms with Crippen molar-refractivity contribution in [3.8, 4) is 0 Å². The number of carbonyl (C=O) groups excluding carboxylic acids is 2. The lowest BCUT2D eigenvalue weighted by Crippen LogP contribution is -2.48. The zero-order chi connectivity index (χ0) is 29.4. The van der Waals surface area contributed by atoms with Gasteiger partial charge in [-0.1, -0.05) is 110 Å². The van der Waals surface area contributed by atoms with Crippen molar-refractivity contribution in [3.63, 3.8) is 0 Å². The van der Waals surface area contributed by atoms with E-state index in [0.29, 0.717) is 12.3 Å². The van der Waals surface area contributed by atoms with E-state index < -0.39 is 5.41 Å². The molecule has 1 aliphatic carbocycles. The zero-order valence-corrected chi connectivity index (χ0v) is 25.4. The van der Waals surface area contributed by atoms with Crippen LogP contribution in [0.4, 0.5) is 0 Å². The predicted molar refractivity (Wildman–Crippen MR) is 170 cm³/mol. The molecule has 0 aromatic heterocycles. The Morgan fingerprint density at radius 1 is 0.786 bits per heavy atom. The van der Waals surface area contributed by atoms with E-state index in [1.165, 1.54) is 37.7 Å². The van der Waals surface area contributed by atoms with Crippen LogP contribution in [0.5, 0.6) is 0 Å². The van der Waals surface area contributed by atoms with Gasteiger partial charge >= 0.3 is 0 Å². The number of likely N-dealkylation sites (tertiary alicyclic amines) is 1. The van der Waals surface area contributed by atoms with Crippen LogP contribution in [-0.2, 0) is 15.0 Å². The molecule has 222 valence electrons. The molecule has 42 heavy (non-hydrogen) atoms. The van der Waals surface area contributed by atoms with Crippen LogP contribution in [0.1, 0.15) is 74.1 Å². The maximum Gasteiger partial charge on any atom is 0.237 e. The summed E-state index contributed by atoms with van der Waals surface area (Å²) in [7, 11) is 3.70. The van der Waals surface area contributed by atoms with Gasteiger partial charge in [0.2, 0.25) is 11.8 Å². The van der Waals surface area contributed by atoms with Crippen LogP contribution in [0.25, 0.3) is 0 Å². The van der Waals surface area contributed by atoms with Crippen LogP contribution in [0.15, 0.2) is 91.0 Å². The Bertz CT molecular complexity index is 1220. The maximum absolute atomic E-state index is 14.0. The van der Waals surface area contributed by atoms with Crippen molar-refractivity contribution in [1.82, 2.24) is 15.1 Å². The van der Waals surface area contributed by atoms with Crippen LogP contribution in [0.3, 0.4) is 0 Å². The molecule has 1 unspecified atom stereocenters. The van der Waals surface area contributed by atoms with Crippen molar-refractivity contribution in [2.75, 3.05) is 33.7 Å². The van der Waals surface area contributed by atoms with Gasteiger partial charge in [0.05, 0.1) is 6.04 Å². The average molecular weight is 566 g/mol. The average Bonchev–Trinajstić information content (AvgIpc) is 3.05. The van der Waals surface area contributed by atoms with Gasteiger partial charge in [-0.25, -0.2) is 0 Å². The number of amides is 2. The highest BCUT2D eigenvalue weighted by molar-refractivity contribution is 5.92. The van der Waals surface area contributed by atoms with E-state index in [1.54, 1.807) is 4.90 Å². The lowest BCUT2D eigenvalue weighted by atomic mass is 9.70. The number of hydrogen-bond acceptors (Lipinski definition) is 3. The largest absolute Gasteiger partial charge is 0.349 e. The summed E-state index contributed by atoms with van der Waals surface area (Å²) in [6.07, 6.45) is 8.58. The number of benzene rings is 3. The Kier molecular flexibility index (Phi) is 10.1. The second-order valence-electron chi connectivity index (χ2n) is 12.5. The van der Waals surface area contributed by atoms with Gasteiger partial charge in [0.1, 0.15) is 5.41 Å². The Morgan fingerprint density at radius 2 is 1.31 bits per heavy atom. The maximum atomic E-state index is 14.0. The lowest BCUT2D eigenvalue weighted by Gasteiger charge is -2.39. The van der Waals surface area contributed by atoms with Crippen molar-refractivity contribution in [2.45, 2.75) is 62.8 Å². The molecule has 1 heterocycles. The summed E-state index contributed by atoms with van der Waals surface area (Å²) >= 11 is 0. The number of hydrogen-bond donors (Lipinski definition) is 1. The van der Waals surface area contributed by atoms with E-state index in [-0.39, 0.29) is 23.8 Å². The third kappa shape index (κ3) is 6.78. The number of nitrogens with one attached hydrogen (secondary N) is 1. The van der Waals surface area contributed by atoms with Crippen LogP contribution >= 0.6 is 0 Å². The molecule has 5 heteroatoms. The molecule has 5 rings (SSSR count).